The SMILES string of the molecule is Cc1c(C)n(CCCCl)c2ccc(Cc3cccc(C(=O)N4CCN(CCc5ccccc5)CC4)c3)cc12. The predicted octanol–water partition coefficient (Wildman–Crippen LogP) is 6.48. The van der Waals surface area contributed by atoms with Crippen molar-refractivity contribution in [3.8, 4) is 0 Å². The van der Waals surface area contributed by atoms with Crippen LogP contribution < -0.4 is 0 Å². The van der Waals surface area contributed by atoms with Gasteiger partial charge in [0.2, 0.25) is 0 Å². The molecule has 1 aliphatic heterocycles. The Hall–Kier alpha value is -3.08. The molecule has 1 aromatic heterocycles. The fraction of sp³-hybridized carbons (Fsp3) is 0.364. The smallest absolute Gasteiger partial charge is 0.253 e. The van der Waals surface area contributed by atoms with Gasteiger partial charge in [-0.25, -0.2) is 0 Å². The maximum absolute atomic E-state index is 13.3. The van der Waals surface area contributed by atoms with Gasteiger partial charge in [-0.2, -0.15) is 0 Å². The summed E-state index contributed by atoms with van der Waals surface area (Å²) in [5.74, 6) is 0.822. The molecule has 38 heavy (non-hydrogen) atoms. The van der Waals surface area contributed by atoms with E-state index in [1.165, 1.54) is 38.9 Å². The van der Waals surface area contributed by atoms with Crippen molar-refractivity contribution >= 4 is 28.4 Å². The number of hydrogen-bond acceptors (Lipinski definition) is 2. The third-order valence-electron chi connectivity index (χ3n) is 8.02. The fourth-order valence-electron chi connectivity index (χ4n) is 5.65. The second-order valence-corrected chi connectivity index (χ2v) is 10.9. The summed E-state index contributed by atoms with van der Waals surface area (Å²) in [7, 11) is 0. The number of nitrogens with zero attached hydrogens (tertiary/aromatic N) is 3. The molecule has 2 heterocycles. The molecule has 0 unspecified atom stereocenters. The zero-order valence-corrected chi connectivity index (χ0v) is 23.4. The van der Waals surface area contributed by atoms with E-state index in [2.05, 4.69) is 84.0 Å². The molecule has 5 heteroatoms. The maximum atomic E-state index is 13.3. The number of aryl methyl sites for hydroxylation is 2. The number of alkyl halides is 1. The lowest BCUT2D eigenvalue weighted by Gasteiger charge is -2.34. The summed E-state index contributed by atoms with van der Waals surface area (Å²) in [4.78, 5) is 17.8. The molecule has 1 saturated heterocycles. The Balaban J connectivity index is 1.21. The Morgan fingerprint density at radius 3 is 2.32 bits per heavy atom. The third kappa shape index (κ3) is 5.98. The molecule has 1 fully saturated rings. The van der Waals surface area contributed by atoms with E-state index in [4.69, 9.17) is 11.6 Å². The van der Waals surface area contributed by atoms with Crippen LogP contribution in [-0.2, 0) is 19.4 Å². The minimum atomic E-state index is 0.146. The lowest BCUT2D eigenvalue weighted by Crippen LogP contribution is -2.49. The number of aromatic nitrogens is 1. The Bertz CT molecular complexity index is 1390. The Labute approximate surface area is 231 Å². The van der Waals surface area contributed by atoms with Gasteiger partial charge in [-0.05, 0) is 79.6 Å². The molecule has 5 rings (SSSR count). The molecule has 3 aromatic carbocycles. The van der Waals surface area contributed by atoms with Crippen LogP contribution in [0.15, 0.2) is 72.8 Å². The second-order valence-electron chi connectivity index (χ2n) is 10.5. The molecule has 0 radical (unpaired) electrons. The second kappa shape index (κ2) is 12.2. The summed E-state index contributed by atoms with van der Waals surface area (Å²) >= 11 is 5.96. The van der Waals surface area contributed by atoms with E-state index >= 15 is 0 Å². The van der Waals surface area contributed by atoms with Crippen LogP contribution in [0.4, 0.5) is 0 Å². The van der Waals surface area contributed by atoms with Crippen LogP contribution >= 0.6 is 11.6 Å². The van der Waals surface area contributed by atoms with E-state index in [1.807, 2.05) is 17.0 Å². The van der Waals surface area contributed by atoms with Gasteiger partial charge in [0.1, 0.15) is 0 Å². The summed E-state index contributed by atoms with van der Waals surface area (Å²) in [6.07, 6.45) is 2.84. The van der Waals surface area contributed by atoms with Crippen molar-refractivity contribution in [1.29, 1.82) is 0 Å². The lowest BCUT2D eigenvalue weighted by molar-refractivity contribution is 0.0638. The first-order chi connectivity index (χ1) is 18.5. The van der Waals surface area contributed by atoms with Crippen LogP contribution in [0, 0.1) is 13.8 Å². The minimum absolute atomic E-state index is 0.146. The van der Waals surface area contributed by atoms with Crippen LogP contribution in [0.25, 0.3) is 10.9 Å². The molecule has 1 amide bonds. The number of fused-ring (bicyclic) bond motifs is 1. The number of halogens is 1. The summed E-state index contributed by atoms with van der Waals surface area (Å²) in [5.41, 5.74) is 8.54. The minimum Gasteiger partial charge on any atom is -0.345 e. The highest BCUT2D eigenvalue weighted by Gasteiger charge is 2.22. The number of hydrogen-bond donors (Lipinski definition) is 0. The molecule has 0 N–H and O–H groups in total. The topological polar surface area (TPSA) is 28.5 Å². The van der Waals surface area contributed by atoms with Crippen molar-refractivity contribution in [2.45, 2.75) is 39.7 Å². The van der Waals surface area contributed by atoms with Crippen LogP contribution in [0.2, 0.25) is 0 Å². The summed E-state index contributed by atoms with van der Waals surface area (Å²) < 4.78 is 2.39. The molecule has 198 valence electrons. The van der Waals surface area contributed by atoms with Crippen molar-refractivity contribution in [3.05, 3.63) is 106 Å². The highest BCUT2D eigenvalue weighted by Crippen LogP contribution is 2.27. The molecule has 1 aliphatic rings. The largest absolute Gasteiger partial charge is 0.345 e. The van der Waals surface area contributed by atoms with Gasteiger partial charge in [-0.3, -0.25) is 9.69 Å². The average molecular weight is 528 g/mol. The first-order valence-electron chi connectivity index (χ1n) is 13.8. The van der Waals surface area contributed by atoms with Crippen molar-refractivity contribution in [1.82, 2.24) is 14.4 Å². The van der Waals surface area contributed by atoms with E-state index in [-0.39, 0.29) is 5.91 Å². The number of carbonyl (C=O) groups excluding carboxylic acids is 1. The number of rotatable bonds is 9. The maximum Gasteiger partial charge on any atom is 0.253 e. The molecular formula is C33H38ClN3O. The molecule has 0 atom stereocenters. The molecule has 0 aliphatic carbocycles. The van der Waals surface area contributed by atoms with Crippen molar-refractivity contribution < 1.29 is 4.79 Å². The first-order valence-corrected chi connectivity index (χ1v) is 14.4. The van der Waals surface area contributed by atoms with Gasteiger partial charge in [0.15, 0.2) is 0 Å². The summed E-state index contributed by atoms with van der Waals surface area (Å²) in [6, 6.07) is 25.6. The van der Waals surface area contributed by atoms with E-state index in [1.54, 1.807) is 0 Å². The van der Waals surface area contributed by atoms with Crippen LogP contribution in [0.3, 0.4) is 0 Å². The molecular weight excluding hydrogens is 490 g/mol. The number of amides is 1. The number of benzene rings is 3. The zero-order valence-electron chi connectivity index (χ0n) is 22.6. The normalized spacial score (nSPS) is 14.3. The van der Waals surface area contributed by atoms with E-state index in [0.717, 1.165) is 64.1 Å². The third-order valence-corrected chi connectivity index (χ3v) is 8.29. The van der Waals surface area contributed by atoms with E-state index in [9.17, 15) is 4.79 Å². The van der Waals surface area contributed by atoms with Gasteiger partial charge in [0.25, 0.3) is 5.91 Å². The predicted molar refractivity (Wildman–Crippen MR) is 158 cm³/mol. The van der Waals surface area contributed by atoms with Gasteiger partial charge in [0.05, 0.1) is 0 Å². The van der Waals surface area contributed by atoms with Gasteiger partial charge in [-0.1, -0.05) is 48.5 Å². The first kappa shape index (κ1) is 26.5. The Morgan fingerprint density at radius 1 is 0.816 bits per heavy atom. The molecule has 4 nitrogen and oxygen atoms in total. The van der Waals surface area contributed by atoms with E-state index in [0.29, 0.717) is 5.88 Å². The van der Waals surface area contributed by atoms with Crippen LogP contribution in [0.5, 0.6) is 0 Å². The monoisotopic (exact) mass is 527 g/mol. The Kier molecular flexibility index (Phi) is 8.51. The van der Waals surface area contributed by atoms with Gasteiger partial charge in [-0.15, -0.1) is 11.6 Å². The standard InChI is InChI=1S/C33H38ClN3O/c1-25-26(2)37(16-7-15-34)32-13-12-29(24-31(25)32)22-28-10-6-11-30(23-28)33(38)36-20-18-35(19-21-36)17-14-27-8-4-3-5-9-27/h3-6,8-13,23-24H,7,14-22H2,1-2H3. The van der Waals surface area contributed by atoms with Crippen LogP contribution in [-0.4, -0.2) is 58.9 Å². The van der Waals surface area contributed by atoms with E-state index < -0.39 is 0 Å². The van der Waals surface area contributed by atoms with Gasteiger partial charge < -0.3 is 9.47 Å². The number of piperazine rings is 1. The Morgan fingerprint density at radius 2 is 1.55 bits per heavy atom. The lowest BCUT2D eigenvalue weighted by atomic mass is 10.0. The summed E-state index contributed by atoms with van der Waals surface area (Å²) in [6.45, 7) is 9.83. The number of carbonyl (C=O) groups is 1. The van der Waals surface area contributed by atoms with Crippen molar-refractivity contribution in [2.75, 3.05) is 38.6 Å². The highest BCUT2D eigenvalue weighted by atomic mass is 35.5. The fourth-order valence-corrected chi connectivity index (χ4v) is 5.77. The quantitative estimate of drug-likeness (QED) is 0.233. The molecule has 0 saturated carbocycles. The van der Waals surface area contributed by atoms with Gasteiger partial charge >= 0.3 is 0 Å². The molecule has 0 spiro atoms. The highest BCUT2D eigenvalue weighted by molar-refractivity contribution is 6.17. The average Bonchev–Trinajstić information content (AvgIpc) is 3.19. The van der Waals surface area contributed by atoms with Crippen molar-refractivity contribution in [2.24, 2.45) is 0 Å². The van der Waals surface area contributed by atoms with Crippen molar-refractivity contribution in [3.63, 3.8) is 0 Å². The molecule has 0 bridgehead atoms. The zero-order chi connectivity index (χ0) is 26.5. The van der Waals surface area contributed by atoms with Crippen LogP contribution in [0.1, 0.15) is 44.7 Å². The van der Waals surface area contributed by atoms with Gasteiger partial charge in [0, 0.05) is 67.3 Å². The molecule has 4 aromatic rings. The summed E-state index contributed by atoms with van der Waals surface area (Å²) in [5, 5.41) is 1.31.